The van der Waals surface area contributed by atoms with Crippen LogP contribution in [-0.4, -0.2) is 46.3 Å². The van der Waals surface area contributed by atoms with Crippen LogP contribution in [0, 0.1) is 5.41 Å². The molecule has 0 spiro atoms. The summed E-state index contributed by atoms with van der Waals surface area (Å²) in [6.45, 7) is 10.0. The lowest BCUT2D eigenvalue weighted by Gasteiger charge is -2.55. The van der Waals surface area contributed by atoms with Crippen LogP contribution in [0.15, 0.2) is 103 Å². The number of carbonyl (C=O) groups excluding carboxylic acids is 1. The quantitative estimate of drug-likeness (QED) is 0.177. The summed E-state index contributed by atoms with van der Waals surface area (Å²) in [4.78, 5) is 27.0. The second kappa shape index (κ2) is 12.5. The zero-order valence-corrected chi connectivity index (χ0v) is 26.2. The van der Waals surface area contributed by atoms with Crippen LogP contribution in [0.3, 0.4) is 0 Å². The molecule has 1 aliphatic rings. The van der Waals surface area contributed by atoms with E-state index in [1.807, 2.05) is 82.3 Å². The Kier molecular flexibility index (Phi) is 9.36. The molecule has 0 aliphatic carbocycles. The molecule has 0 fully saturated rings. The number of ether oxygens (including phenoxy) is 1. The van der Waals surface area contributed by atoms with Crippen LogP contribution >= 0.6 is 11.9 Å². The highest BCUT2D eigenvalue weighted by Gasteiger charge is 2.62. The number of carbonyl (C=O) groups is 2. The average Bonchev–Trinajstić information content (AvgIpc) is 3.35. The summed E-state index contributed by atoms with van der Waals surface area (Å²) < 4.78 is 9.37. The molecule has 1 aliphatic heterocycles. The van der Waals surface area contributed by atoms with E-state index >= 15 is 0 Å². The number of imide groups is 1. The zero-order chi connectivity index (χ0) is 30.6. The van der Waals surface area contributed by atoms with E-state index in [0.29, 0.717) is 6.42 Å². The van der Waals surface area contributed by atoms with Gasteiger partial charge in [-0.15, -0.1) is 0 Å². The molecular weight excluding hydrogens is 544 g/mol. The molecule has 7 heteroatoms. The van der Waals surface area contributed by atoms with Gasteiger partial charge in [0.2, 0.25) is 0 Å². The van der Waals surface area contributed by atoms with Crippen molar-refractivity contribution in [1.82, 2.24) is 9.62 Å². The first-order chi connectivity index (χ1) is 20.0. The van der Waals surface area contributed by atoms with Gasteiger partial charge in [-0.05, 0) is 35.4 Å². The van der Waals surface area contributed by atoms with Crippen molar-refractivity contribution in [2.45, 2.75) is 69.4 Å². The minimum absolute atomic E-state index is 0.551. The predicted molar refractivity (Wildman–Crippen MR) is 170 cm³/mol. The highest BCUT2D eigenvalue weighted by molar-refractivity contribution is 7.98. The summed E-state index contributed by atoms with van der Waals surface area (Å²) in [6.07, 6.45) is 3.32. The maximum Gasteiger partial charge on any atom is 0.415 e. The number of nitrogens with one attached hydrogen (secondary N) is 1. The lowest BCUT2D eigenvalue weighted by molar-refractivity contribution is -0.136. The first kappa shape index (κ1) is 31.5. The molecule has 0 saturated heterocycles. The summed E-state index contributed by atoms with van der Waals surface area (Å²) in [6, 6.07) is 30.3. The Balaban J connectivity index is 2.00. The van der Waals surface area contributed by atoms with Gasteiger partial charge in [0.1, 0.15) is 4.75 Å². The second-order valence-electron chi connectivity index (χ2n) is 12.1. The fourth-order valence-corrected chi connectivity index (χ4v) is 7.89. The van der Waals surface area contributed by atoms with E-state index in [1.165, 1.54) is 18.0 Å². The Bertz CT molecular complexity index is 1290. The number of nitrogens with zero attached hydrogens (tertiary/aromatic N) is 1. The Morgan fingerprint density at radius 2 is 1.36 bits per heavy atom. The van der Waals surface area contributed by atoms with Crippen molar-refractivity contribution >= 4 is 23.9 Å². The third-order valence-electron chi connectivity index (χ3n) is 8.60. The van der Waals surface area contributed by atoms with Crippen LogP contribution in [0.1, 0.15) is 64.2 Å². The first-order valence-electron chi connectivity index (χ1n) is 14.4. The molecule has 42 heavy (non-hydrogen) atoms. The van der Waals surface area contributed by atoms with Crippen molar-refractivity contribution in [3.63, 3.8) is 0 Å². The van der Waals surface area contributed by atoms with E-state index < -0.39 is 39.3 Å². The normalized spacial score (nSPS) is 19.5. The molecule has 0 saturated carbocycles. The van der Waals surface area contributed by atoms with Crippen molar-refractivity contribution in [3.05, 3.63) is 120 Å². The molecule has 1 heterocycles. The first-order valence-corrected chi connectivity index (χ1v) is 15.2. The monoisotopic (exact) mass is 586 g/mol. The van der Waals surface area contributed by atoms with E-state index in [4.69, 9.17) is 4.74 Å². The molecule has 6 nitrogen and oxygen atoms in total. The molecule has 2 N–H and O–H groups in total. The van der Waals surface area contributed by atoms with Gasteiger partial charge in [-0.2, -0.15) is 0 Å². The fraction of sp³-hybridized carbons (Fsp3) is 0.371. The molecule has 4 rings (SSSR count). The lowest BCUT2D eigenvalue weighted by atomic mass is 9.64. The van der Waals surface area contributed by atoms with Gasteiger partial charge in [0, 0.05) is 13.2 Å². The zero-order valence-electron chi connectivity index (χ0n) is 25.3. The third kappa shape index (κ3) is 5.41. The lowest BCUT2D eigenvalue weighted by Crippen LogP contribution is -2.72. The van der Waals surface area contributed by atoms with Gasteiger partial charge in [-0.3, -0.25) is 9.52 Å². The molecular formula is C35H42N2O4S. The molecule has 0 aromatic heterocycles. The number of rotatable bonds is 11. The Labute approximate surface area is 254 Å². The summed E-state index contributed by atoms with van der Waals surface area (Å²) in [5.74, 6) is -0.551. The summed E-state index contributed by atoms with van der Waals surface area (Å²) >= 11 is 1.53. The van der Waals surface area contributed by atoms with Crippen molar-refractivity contribution < 1.29 is 19.4 Å². The maximum absolute atomic E-state index is 13.2. The number of methoxy groups -OCH3 is 1. The van der Waals surface area contributed by atoms with Crippen molar-refractivity contribution in [2.24, 2.45) is 5.41 Å². The largest absolute Gasteiger partial charge is 0.465 e. The molecule has 3 aromatic rings. The van der Waals surface area contributed by atoms with Crippen LogP contribution < -0.4 is 4.72 Å². The third-order valence-corrected chi connectivity index (χ3v) is 9.96. The molecule has 2 amide bonds. The standard InChI is InChI=1S/C35H42N2O4S/c1-7-24-33(5,41-6)30(34(32(2,3)4)25-23-29(38)37(34)31(39)40)36-42-35(26-17-11-8-12-18-26,27-19-13-9-14-20-27)28-21-15-10-16-22-28/h8-23,25,30,36H,7,24H2,1-6H3,(H,39,40)/t30-,33-,34-/m0/s1. The van der Waals surface area contributed by atoms with Crippen LogP contribution in [0.2, 0.25) is 0 Å². The topological polar surface area (TPSA) is 78.9 Å². The highest BCUT2D eigenvalue weighted by atomic mass is 32.2. The van der Waals surface area contributed by atoms with Crippen molar-refractivity contribution in [3.8, 4) is 0 Å². The van der Waals surface area contributed by atoms with E-state index in [9.17, 15) is 14.7 Å². The van der Waals surface area contributed by atoms with Crippen LogP contribution in [0.5, 0.6) is 0 Å². The van der Waals surface area contributed by atoms with E-state index in [1.54, 1.807) is 13.2 Å². The minimum Gasteiger partial charge on any atom is -0.465 e. The van der Waals surface area contributed by atoms with E-state index in [0.717, 1.165) is 28.0 Å². The van der Waals surface area contributed by atoms with E-state index in [-0.39, 0.29) is 0 Å². The van der Waals surface area contributed by atoms with Gasteiger partial charge in [0.25, 0.3) is 5.91 Å². The molecule has 0 radical (unpaired) electrons. The van der Waals surface area contributed by atoms with Gasteiger partial charge >= 0.3 is 6.09 Å². The van der Waals surface area contributed by atoms with Crippen molar-refractivity contribution in [1.29, 1.82) is 0 Å². The van der Waals surface area contributed by atoms with Gasteiger partial charge < -0.3 is 9.84 Å². The Morgan fingerprint density at radius 3 is 1.71 bits per heavy atom. The van der Waals surface area contributed by atoms with Crippen molar-refractivity contribution in [2.75, 3.05) is 7.11 Å². The molecule has 222 valence electrons. The van der Waals surface area contributed by atoms with Crippen LogP contribution in [-0.2, 0) is 14.3 Å². The minimum atomic E-state index is -1.29. The number of benzene rings is 3. The second-order valence-corrected chi connectivity index (χ2v) is 13.1. The summed E-state index contributed by atoms with van der Waals surface area (Å²) in [5.41, 5.74) is 0.407. The fourth-order valence-electron chi connectivity index (χ4n) is 6.41. The van der Waals surface area contributed by atoms with E-state index in [2.05, 4.69) is 48.0 Å². The number of amides is 2. The number of hydrogen-bond donors (Lipinski definition) is 2. The molecule has 3 aromatic carbocycles. The predicted octanol–water partition coefficient (Wildman–Crippen LogP) is 7.65. The number of carboxylic acid groups (broad SMARTS) is 1. The molecule has 0 unspecified atom stereocenters. The van der Waals surface area contributed by atoms with Crippen LogP contribution in [0.4, 0.5) is 4.79 Å². The highest BCUT2D eigenvalue weighted by Crippen LogP contribution is 2.52. The van der Waals surface area contributed by atoms with Gasteiger partial charge in [-0.25, -0.2) is 9.69 Å². The van der Waals surface area contributed by atoms with Gasteiger partial charge in [-0.1, -0.05) is 143 Å². The maximum atomic E-state index is 13.2. The molecule has 0 bridgehead atoms. The van der Waals surface area contributed by atoms with Crippen LogP contribution in [0.25, 0.3) is 0 Å². The van der Waals surface area contributed by atoms with Gasteiger partial charge in [0.15, 0.2) is 0 Å². The summed E-state index contributed by atoms with van der Waals surface area (Å²) in [5, 5.41) is 10.5. The number of hydrogen-bond acceptors (Lipinski definition) is 5. The summed E-state index contributed by atoms with van der Waals surface area (Å²) in [7, 11) is 1.66. The molecule has 3 atom stereocenters. The SMILES string of the molecule is CCC[C@](C)(OC)[C@H](NSC(c1ccccc1)(c1ccccc1)c1ccccc1)[C@]1(C(C)(C)C)C=CC(=O)N1C(=O)O. The Morgan fingerprint density at radius 1 is 0.905 bits per heavy atom. The Hall–Kier alpha value is -3.39. The van der Waals surface area contributed by atoms with Gasteiger partial charge in [0.05, 0.1) is 17.2 Å². The smallest absolute Gasteiger partial charge is 0.415 e. The average molecular weight is 587 g/mol.